The van der Waals surface area contributed by atoms with Crippen molar-refractivity contribution in [1.82, 2.24) is 0 Å². The predicted octanol–water partition coefficient (Wildman–Crippen LogP) is 3.48. The van der Waals surface area contributed by atoms with Crippen molar-refractivity contribution < 1.29 is 23.8 Å². The van der Waals surface area contributed by atoms with Gasteiger partial charge in [-0.2, -0.15) is 0 Å². The fourth-order valence-corrected chi connectivity index (χ4v) is 1.92. The van der Waals surface area contributed by atoms with E-state index in [4.69, 9.17) is 14.2 Å². The molecule has 2 rings (SSSR count). The van der Waals surface area contributed by atoms with Gasteiger partial charge in [-0.1, -0.05) is 25.1 Å². The van der Waals surface area contributed by atoms with Crippen LogP contribution in [0.3, 0.4) is 0 Å². The largest absolute Gasteiger partial charge is 0.493 e. The van der Waals surface area contributed by atoms with Crippen molar-refractivity contribution in [1.29, 1.82) is 0 Å². The maximum absolute atomic E-state index is 12.2. The lowest BCUT2D eigenvalue weighted by molar-refractivity contribution is 0.0596. The predicted molar refractivity (Wildman–Crippen MR) is 85.0 cm³/mol. The molecule has 0 bridgehead atoms. The van der Waals surface area contributed by atoms with Crippen molar-refractivity contribution in [3.8, 4) is 11.5 Å². The lowest BCUT2D eigenvalue weighted by Gasteiger charge is -2.11. The summed E-state index contributed by atoms with van der Waals surface area (Å²) in [6, 6.07) is 13.3. The maximum atomic E-state index is 12.2. The van der Waals surface area contributed by atoms with Gasteiger partial charge in [0.05, 0.1) is 19.3 Å². The monoisotopic (exact) mass is 314 g/mol. The van der Waals surface area contributed by atoms with Crippen LogP contribution in [0.15, 0.2) is 48.5 Å². The molecule has 0 heterocycles. The molecule has 2 aromatic rings. The van der Waals surface area contributed by atoms with Gasteiger partial charge in [0.2, 0.25) is 0 Å². The van der Waals surface area contributed by atoms with E-state index in [0.29, 0.717) is 18.1 Å². The Morgan fingerprint density at radius 2 is 1.74 bits per heavy atom. The molecule has 0 aromatic heterocycles. The number of para-hydroxylation sites is 1. The molecule has 0 spiro atoms. The van der Waals surface area contributed by atoms with Crippen LogP contribution in [0.2, 0.25) is 0 Å². The molecule has 0 atom stereocenters. The van der Waals surface area contributed by atoms with E-state index in [0.717, 1.165) is 6.42 Å². The zero-order valence-electron chi connectivity index (χ0n) is 13.1. The standard InChI is InChI=1S/C18H18O5/c1-3-11-22-16-10-9-13(12-15(16)18(20)21-2)17(19)23-14-7-5-4-6-8-14/h4-10,12H,3,11H2,1-2H3. The highest BCUT2D eigenvalue weighted by molar-refractivity contribution is 5.98. The Morgan fingerprint density at radius 3 is 2.39 bits per heavy atom. The van der Waals surface area contributed by atoms with Crippen molar-refractivity contribution >= 4 is 11.9 Å². The number of esters is 2. The minimum atomic E-state index is -0.564. The topological polar surface area (TPSA) is 61.8 Å². The number of hydrogen-bond acceptors (Lipinski definition) is 5. The second-order valence-electron chi connectivity index (χ2n) is 4.75. The van der Waals surface area contributed by atoms with Crippen LogP contribution in [0.1, 0.15) is 34.1 Å². The van der Waals surface area contributed by atoms with Crippen molar-refractivity contribution in [2.24, 2.45) is 0 Å². The zero-order valence-corrected chi connectivity index (χ0v) is 13.1. The fraction of sp³-hybridized carbons (Fsp3) is 0.222. The average Bonchev–Trinajstić information content (AvgIpc) is 2.60. The van der Waals surface area contributed by atoms with E-state index in [1.54, 1.807) is 36.4 Å². The maximum Gasteiger partial charge on any atom is 0.343 e. The van der Waals surface area contributed by atoms with Gasteiger partial charge in [0.15, 0.2) is 0 Å². The molecule has 5 heteroatoms. The Labute approximate surface area is 134 Å². The molecule has 5 nitrogen and oxygen atoms in total. The number of carbonyl (C=O) groups is 2. The number of ether oxygens (including phenoxy) is 3. The lowest BCUT2D eigenvalue weighted by Crippen LogP contribution is -2.12. The van der Waals surface area contributed by atoms with Crippen molar-refractivity contribution in [2.45, 2.75) is 13.3 Å². The van der Waals surface area contributed by atoms with E-state index in [1.165, 1.54) is 13.2 Å². The molecule has 0 aliphatic rings. The third-order valence-electron chi connectivity index (χ3n) is 3.04. The summed E-state index contributed by atoms with van der Waals surface area (Å²) in [6.45, 7) is 2.43. The van der Waals surface area contributed by atoms with Crippen molar-refractivity contribution in [3.63, 3.8) is 0 Å². The number of hydrogen-bond donors (Lipinski definition) is 0. The van der Waals surface area contributed by atoms with Gasteiger partial charge in [-0.05, 0) is 36.8 Å². The molecule has 120 valence electrons. The Hall–Kier alpha value is -2.82. The van der Waals surface area contributed by atoms with E-state index in [2.05, 4.69) is 0 Å². The van der Waals surface area contributed by atoms with Crippen LogP contribution in [-0.4, -0.2) is 25.7 Å². The van der Waals surface area contributed by atoms with Gasteiger partial charge in [-0.3, -0.25) is 0 Å². The Morgan fingerprint density at radius 1 is 1.00 bits per heavy atom. The number of methoxy groups -OCH3 is 1. The van der Waals surface area contributed by atoms with E-state index in [-0.39, 0.29) is 11.1 Å². The highest BCUT2D eigenvalue weighted by Crippen LogP contribution is 2.22. The molecular formula is C18H18O5. The second kappa shape index (κ2) is 7.98. The quantitative estimate of drug-likeness (QED) is 0.603. The molecule has 2 aromatic carbocycles. The number of benzene rings is 2. The van der Waals surface area contributed by atoms with E-state index < -0.39 is 11.9 Å². The van der Waals surface area contributed by atoms with Crippen molar-refractivity contribution in [3.05, 3.63) is 59.7 Å². The van der Waals surface area contributed by atoms with Crippen molar-refractivity contribution in [2.75, 3.05) is 13.7 Å². The smallest absolute Gasteiger partial charge is 0.343 e. The molecule has 0 aliphatic carbocycles. The molecule has 0 aliphatic heterocycles. The average molecular weight is 314 g/mol. The van der Waals surface area contributed by atoms with Gasteiger partial charge < -0.3 is 14.2 Å². The van der Waals surface area contributed by atoms with E-state index in [9.17, 15) is 9.59 Å². The minimum Gasteiger partial charge on any atom is -0.493 e. The first-order chi connectivity index (χ1) is 11.2. The van der Waals surface area contributed by atoms with Gasteiger partial charge in [0, 0.05) is 0 Å². The third kappa shape index (κ3) is 4.32. The molecule has 0 N–H and O–H groups in total. The van der Waals surface area contributed by atoms with Crippen LogP contribution < -0.4 is 9.47 Å². The molecule has 0 amide bonds. The van der Waals surface area contributed by atoms with Gasteiger partial charge >= 0.3 is 11.9 Å². The summed E-state index contributed by atoms with van der Waals surface area (Å²) in [6.07, 6.45) is 0.804. The third-order valence-corrected chi connectivity index (χ3v) is 3.04. The lowest BCUT2D eigenvalue weighted by atomic mass is 10.1. The van der Waals surface area contributed by atoms with Crippen LogP contribution in [0.4, 0.5) is 0 Å². The van der Waals surface area contributed by atoms with Crippen LogP contribution in [0.25, 0.3) is 0 Å². The van der Waals surface area contributed by atoms with Crippen LogP contribution in [0, 0.1) is 0 Å². The van der Waals surface area contributed by atoms with E-state index in [1.807, 2.05) is 13.0 Å². The van der Waals surface area contributed by atoms with Crippen LogP contribution in [0.5, 0.6) is 11.5 Å². The summed E-state index contributed by atoms with van der Waals surface area (Å²) < 4.78 is 15.5. The minimum absolute atomic E-state index is 0.198. The Bertz CT molecular complexity index is 679. The highest BCUT2D eigenvalue weighted by atomic mass is 16.5. The first kappa shape index (κ1) is 16.5. The second-order valence-corrected chi connectivity index (χ2v) is 4.75. The van der Waals surface area contributed by atoms with Crippen LogP contribution in [-0.2, 0) is 4.74 Å². The fourth-order valence-electron chi connectivity index (χ4n) is 1.92. The van der Waals surface area contributed by atoms with E-state index >= 15 is 0 Å². The number of rotatable bonds is 6. The van der Waals surface area contributed by atoms with Gasteiger partial charge in [0.25, 0.3) is 0 Å². The molecular weight excluding hydrogens is 296 g/mol. The highest BCUT2D eigenvalue weighted by Gasteiger charge is 2.18. The summed E-state index contributed by atoms with van der Waals surface area (Å²) in [5.74, 6) is -0.299. The summed E-state index contributed by atoms with van der Waals surface area (Å²) in [7, 11) is 1.28. The SMILES string of the molecule is CCCOc1ccc(C(=O)Oc2ccccc2)cc1C(=O)OC. The first-order valence-electron chi connectivity index (χ1n) is 7.28. The molecule has 0 unspecified atom stereocenters. The van der Waals surface area contributed by atoms with Crippen LogP contribution >= 0.6 is 0 Å². The first-order valence-corrected chi connectivity index (χ1v) is 7.28. The molecule has 0 saturated carbocycles. The van der Waals surface area contributed by atoms with Gasteiger partial charge in [0.1, 0.15) is 17.1 Å². The Balaban J connectivity index is 2.25. The van der Waals surface area contributed by atoms with Gasteiger partial charge in [-0.15, -0.1) is 0 Å². The molecule has 0 radical (unpaired) electrons. The molecule has 0 fully saturated rings. The van der Waals surface area contributed by atoms with Gasteiger partial charge in [-0.25, -0.2) is 9.59 Å². The summed E-state index contributed by atoms with van der Waals surface area (Å²) >= 11 is 0. The zero-order chi connectivity index (χ0) is 16.7. The summed E-state index contributed by atoms with van der Waals surface area (Å²) in [5, 5.41) is 0. The summed E-state index contributed by atoms with van der Waals surface area (Å²) in [5.41, 5.74) is 0.446. The molecule has 23 heavy (non-hydrogen) atoms. The molecule has 0 saturated heterocycles. The summed E-state index contributed by atoms with van der Waals surface area (Å²) in [4.78, 5) is 24.1. The Kier molecular flexibility index (Phi) is 5.74. The normalized spacial score (nSPS) is 10.0. The number of carbonyl (C=O) groups excluding carboxylic acids is 2.